The predicted octanol–water partition coefficient (Wildman–Crippen LogP) is 5.57. The van der Waals surface area contributed by atoms with Gasteiger partial charge in [-0.15, -0.1) is 0 Å². The summed E-state index contributed by atoms with van der Waals surface area (Å²) in [5, 5.41) is 1.04. The van der Waals surface area contributed by atoms with Crippen molar-refractivity contribution in [2.45, 2.75) is 45.8 Å². The van der Waals surface area contributed by atoms with Crippen molar-refractivity contribution in [1.82, 2.24) is 9.97 Å². The molecule has 3 aromatic carbocycles. The van der Waals surface area contributed by atoms with Crippen LogP contribution < -0.4 is 5.46 Å². The highest BCUT2D eigenvalue weighted by molar-refractivity contribution is 6.62. The maximum Gasteiger partial charge on any atom is 0.494 e. The molecule has 160 valence electrons. The molecule has 1 fully saturated rings. The molecule has 0 N–H and O–H groups in total. The summed E-state index contributed by atoms with van der Waals surface area (Å²) in [7, 11) is -0.419. The van der Waals surface area contributed by atoms with E-state index in [1.165, 1.54) is 5.56 Å². The van der Waals surface area contributed by atoms with E-state index in [0.717, 1.165) is 33.2 Å². The summed E-state index contributed by atoms with van der Waals surface area (Å²) in [6.07, 6.45) is 0. The molecule has 0 spiro atoms. The first-order chi connectivity index (χ1) is 15.2. The van der Waals surface area contributed by atoms with Crippen LogP contribution in [0.3, 0.4) is 0 Å². The van der Waals surface area contributed by atoms with Gasteiger partial charge < -0.3 is 9.31 Å². The van der Waals surface area contributed by atoms with Crippen LogP contribution in [0.2, 0.25) is 0 Å². The summed E-state index contributed by atoms with van der Waals surface area (Å²) in [5.74, 6) is 0.692. The van der Waals surface area contributed by atoms with Gasteiger partial charge in [0.1, 0.15) is 0 Å². The van der Waals surface area contributed by atoms with Crippen LogP contribution in [0.15, 0.2) is 72.8 Å². The SMILES string of the molecule is Cc1ccc(-c2nc(-c3cccc(B4OC(C)(C)C(C)(C)O4)c3)nc3ccccc23)cc1. The van der Waals surface area contributed by atoms with Crippen molar-refractivity contribution in [1.29, 1.82) is 0 Å². The molecule has 0 atom stereocenters. The number of hydrogen-bond acceptors (Lipinski definition) is 4. The predicted molar refractivity (Wildman–Crippen MR) is 131 cm³/mol. The zero-order valence-electron chi connectivity index (χ0n) is 19.2. The van der Waals surface area contributed by atoms with Gasteiger partial charge in [0.2, 0.25) is 0 Å². The van der Waals surface area contributed by atoms with Crippen LogP contribution in [0.4, 0.5) is 0 Å². The number of hydrogen-bond donors (Lipinski definition) is 0. The van der Waals surface area contributed by atoms with E-state index < -0.39 is 7.12 Å². The van der Waals surface area contributed by atoms with E-state index in [-0.39, 0.29) is 11.2 Å². The van der Waals surface area contributed by atoms with Crippen molar-refractivity contribution in [2.24, 2.45) is 0 Å². The van der Waals surface area contributed by atoms with Crippen LogP contribution >= 0.6 is 0 Å². The molecule has 1 aliphatic rings. The van der Waals surface area contributed by atoms with Gasteiger partial charge in [0.15, 0.2) is 5.82 Å². The molecule has 0 radical (unpaired) electrons. The molecular formula is C27H27BN2O2. The molecule has 1 aromatic heterocycles. The Kier molecular flexibility index (Phi) is 4.92. The Morgan fingerprint density at radius 1 is 0.719 bits per heavy atom. The second kappa shape index (κ2) is 7.54. The van der Waals surface area contributed by atoms with Crippen molar-refractivity contribution < 1.29 is 9.31 Å². The lowest BCUT2D eigenvalue weighted by molar-refractivity contribution is 0.00578. The molecule has 1 aliphatic heterocycles. The van der Waals surface area contributed by atoms with E-state index in [1.54, 1.807) is 0 Å². The smallest absolute Gasteiger partial charge is 0.399 e. The third kappa shape index (κ3) is 3.62. The largest absolute Gasteiger partial charge is 0.494 e. The van der Waals surface area contributed by atoms with Gasteiger partial charge in [0.25, 0.3) is 0 Å². The molecule has 32 heavy (non-hydrogen) atoms. The molecule has 0 unspecified atom stereocenters. The lowest BCUT2D eigenvalue weighted by atomic mass is 9.78. The molecule has 4 aromatic rings. The maximum absolute atomic E-state index is 6.25. The molecule has 5 heteroatoms. The van der Waals surface area contributed by atoms with E-state index in [0.29, 0.717) is 5.82 Å². The molecule has 0 amide bonds. The van der Waals surface area contributed by atoms with Crippen molar-refractivity contribution in [3.8, 4) is 22.6 Å². The maximum atomic E-state index is 6.25. The Hall–Kier alpha value is -3.02. The molecular weight excluding hydrogens is 395 g/mol. The first-order valence-corrected chi connectivity index (χ1v) is 11.0. The third-order valence-electron chi connectivity index (χ3n) is 6.60. The highest BCUT2D eigenvalue weighted by atomic mass is 16.7. The lowest BCUT2D eigenvalue weighted by Gasteiger charge is -2.32. The van der Waals surface area contributed by atoms with E-state index in [9.17, 15) is 0 Å². The lowest BCUT2D eigenvalue weighted by Crippen LogP contribution is -2.41. The summed E-state index contributed by atoms with van der Waals surface area (Å²) < 4.78 is 12.5. The van der Waals surface area contributed by atoms with Gasteiger partial charge in [-0.1, -0.05) is 72.3 Å². The fourth-order valence-electron chi connectivity index (χ4n) is 3.94. The van der Waals surface area contributed by atoms with Crippen LogP contribution in [0.25, 0.3) is 33.5 Å². The molecule has 5 rings (SSSR count). The van der Waals surface area contributed by atoms with E-state index >= 15 is 0 Å². The van der Waals surface area contributed by atoms with Crippen molar-refractivity contribution in [3.63, 3.8) is 0 Å². The molecule has 0 bridgehead atoms. The standard InChI is InChI=1S/C27H27BN2O2/c1-18-13-15-19(16-14-18)24-22-11-6-7-12-23(22)29-25(30-24)20-9-8-10-21(17-20)28-31-26(2,3)27(4,5)32-28/h6-17H,1-5H3. The summed E-state index contributed by atoms with van der Waals surface area (Å²) in [4.78, 5) is 9.88. The van der Waals surface area contributed by atoms with Crippen LogP contribution in [0.5, 0.6) is 0 Å². The Bertz CT molecular complexity index is 1280. The number of para-hydroxylation sites is 1. The van der Waals surface area contributed by atoms with Gasteiger partial charge in [0.05, 0.1) is 22.4 Å². The van der Waals surface area contributed by atoms with Crippen molar-refractivity contribution in [2.75, 3.05) is 0 Å². The number of aryl methyl sites for hydroxylation is 1. The normalized spacial score (nSPS) is 17.1. The van der Waals surface area contributed by atoms with Gasteiger partial charge in [-0.25, -0.2) is 9.97 Å². The van der Waals surface area contributed by atoms with Crippen LogP contribution in [0.1, 0.15) is 33.3 Å². The fourth-order valence-corrected chi connectivity index (χ4v) is 3.94. The van der Waals surface area contributed by atoms with Crippen molar-refractivity contribution >= 4 is 23.5 Å². The summed E-state index contributed by atoms with van der Waals surface area (Å²) in [5.41, 5.74) is 5.31. The molecule has 1 saturated heterocycles. The molecule has 0 saturated carbocycles. The Morgan fingerprint density at radius 2 is 1.41 bits per heavy atom. The highest BCUT2D eigenvalue weighted by Gasteiger charge is 2.51. The number of benzene rings is 3. The zero-order valence-corrected chi connectivity index (χ0v) is 19.2. The number of nitrogens with zero attached hydrogens (tertiary/aromatic N) is 2. The summed E-state index contributed by atoms with van der Waals surface area (Å²) in [6, 6.07) is 24.8. The quantitative estimate of drug-likeness (QED) is 0.405. The minimum Gasteiger partial charge on any atom is -0.399 e. The number of aromatic nitrogens is 2. The Morgan fingerprint density at radius 3 is 2.12 bits per heavy atom. The van der Waals surface area contributed by atoms with Gasteiger partial charge in [0, 0.05) is 16.5 Å². The zero-order chi connectivity index (χ0) is 22.5. The average Bonchev–Trinajstić information content (AvgIpc) is 3.00. The first-order valence-electron chi connectivity index (χ1n) is 11.0. The number of fused-ring (bicyclic) bond motifs is 1. The molecule has 2 heterocycles. The van der Waals surface area contributed by atoms with E-state index in [4.69, 9.17) is 19.3 Å². The Balaban J connectivity index is 1.60. The number of rotatable bonds is 3. The van der Waals surface area contributed by atoms with Crippen LogP contribution in [-0.4, -0.2) is 28.3 Å². The minimum absolute atomic E-state index is 0.383. The average molecular weight is 422 g/mol. The molecule has 0 aliphatic carbocycles. The van der Waals surface area contributed by atoms with Crippen LogP contribution in [-0.2, 0) is 9.31 Å². The monoisotopic (exact) mass is 422 g/mol. The second-order valence-electron chi connectivity index (χ2n) is 9.49. The second-order valence-corrected chi connectivity index (χ2v) is 9.49. The fraction of sp³-hybridized carbons (Fsp3) is 0.259. The molecule has 4 nitrogen and oxygen atoms in total. The van der Waals surface area contributed by atoms with Gasteiger partial charge in [-0.3, -0.25) is 0 Å². The first kappa shape index (κ1) is 20.9. The summed E-state index contributed by atoms with van der Waals surface area (Å²) >= 11 is 0. The van der Waals surface area contributed by atoms with Crippen LogP contribution in [0, 0.1) is 6.92 Å². The van der Waals surface area contributed by atoms with Gasteiger partial charge in [-0.2, -0.15) is 0 Å². The van der Waals surface area contributed by atoms with E-state index in [1.807, 2.05) is 36.4 Å². The third-order valence-corrected chi connectivity index (χ3v) is 6.60. The highest BCUT2D eigenvalue weighted by Crippen LogP contribution is 2.37. The summed E-state index contributed by atoms with van der Waals surface area (Å²) in [6.45, 7) is 10.4. The van der Waals surface area contributed by atoms with Crippen molar-refractivity contribution in [3.05, 3.63) is 78.4 Å². The van der Waals surface area contributed by atoms with E-state index in [2.05, 4.69) is 71.0 Å². The van der Waals surface area contributed by atoms with Gasteiger partial charge in [-0.05, 0) is 46.1 Å². The minimum atomic E-state index is -0.419. The Labute approximate surface area is 189 Å². The topological polar surface area (TPSA) is 44.2 Å². The van der Waals surface area contributed by atoms with Gasteiger partial charge >= 0.3 is 7.12 Å².